The smallest absolute Gasteiger partial charge is 0.338 e. The molecule has 0 bridgehead atoms. The highest BCUT2D eigenvalue weighted by molar-refractivity contribution is 5.95. The standard InChI is InChI=1S/C25H30N2O6/c1-7-32-24(28)22-19(14-33-20-10-8-9-15(2)16(20)3)27(4)25(29)26-23(22)18-12-11-17(30-5)13-21(18)31-6/h8-13,23H,7,14H2,1-6H3,(H,26,29)/t23-/m0/s1. The Morgan fingerprint density at radius 3 is 2.52 bits per heavy atom. The van der Waals surface area contributed by atoms with Crippen LogP contribution in [0.4, 0.5) is 4.79 Å². The maximum absolute atomic E-state index is 13.1. The van der Waals surface area contributed by atoms with Crippen molar-refractivity contribution in [1.29, 1.82) is 0 Å². The lowest BCUT2D eigenvalue weighted by atomic mass is 9.93. The van der Waals surface area contributed by atoms with Crippen molar-refractivity contribution in [2.75, 3.05) is 34.5 Å². The average Bonchev–Trinajstić information content (AvgIpc) is 2.81. The number of urea groups is 1. The van der Waals surface area contributed by atoms with Crippen LogP contribution in [0.1, 0.15) is 29.7 Å². The molecule has 176 valence electrons. The molecule has 8 heteroatoms. The number of amides is 2. The van der Waals surface area contributed by atoms with E-state index in [4.69, 9.17) is 18.9 Å². The fourth-order valence-electron chi connectivity index (χ4n) is 3.70. The van der Waals surface area contributed by atoms with Gasteiger partial charge in [-0.05, 0) is 50.1 Å². The second-order valence-corrected chi connectivity index (χ2v) is 7.62. The summed E-state index contributed by atoms with van der Waals surface area (Å²) in [5.41, 5.74) is 3.38. The number of nitrogens with one attached hydrogen (secondary N) is 1. The number of nitrogens with zero attached hydrogens (tertiary/aromatic N) is 1. The monoisotopic (exact) mass is 454 g/mol. The molecular formula is C25H30N2O6. The third-order valence-corrected chi connectivity index (χ3v) is 5.74. The Kier molecular flexibility index (Phi) is 7.48. The largest absolute Gasteiger partial charge is 0.497 e. The van der Waals surface area contributed by atoms with E-state index in [-0.39, 0.29) is 24.8 Å². The van der Waals surface area contributed by atoms with E-state index in [9.17, 15) is 9.59 Å². The highest BCUT2D eigenvalue weighted by Gasteiger charge is 2.38. The molecule has 1 aliphatic rings. The van der Waals surface area contributed by atoms with Crippen LogP contribution in [0.2, 0.25) is 0 Å². The van der Waals surface area contributed by atoms with E-state index in [2.05, 4.69) is 5.32 Å². The maximum atomic E-state index is 13.1. The Balaban J connectivity index is 2.11. The summed E-state index contributed by atoms with van der Waals surface area (Å²) < 4.78 is 22.3. The van der Waals surface area contributed by atoms with E-state index in [1.807, 2.05) is 32.0 Å². The summed E-state index contributed by atoms with van der Waals surface area (Å²) in [6.45, 7) is 5.90. The first-order chi connectivity index (χ1) is 15.8. The number of aryl methyl sites for hydroxylation is 1. The van der Waals surface area contributed by atoms with Crippen LogP contribution in [0.5, 0.6) is 17.2 Å². The fraction of sp³-hybridized carbons (Fsp3) is 0.360. The second-order valence-electron chi connectivity index (χ2n) is 7.62. The fourth-order valence-corrected chi connectivity index (χ4v) is 3.70. The van der Waals surface area contributed by atoms with Gasteiger partial charge in [0.2, 0.25) is 0 Å². The van der Waals surface area contributed by atoms with Crippen molar-refractivity contribution in [3.05, 3.63) is 64.4 Å². The van der Waals surface area contributed by atoms with E-state index < -0.39 is 12.0 Å². The third-order valence-electron chi connectivity index (χ3n) is 5.74. The molecule has 2 aromatic rings. The van der Waals surface area contributed by atoms with Crippen LogP contribution in [0, 0.1) is 13.8 Å². The summed E-state index contributed by atoms with van der Waals surface area (Å²) in [4.78, 5) is 27.4. The molecule has 0 saturated heterocycles. The van der Waals surface area contributed by atoms with Crippen molar-refractivity contribution in [3.8, 4) is 17.2 Å². The number of esters is 1. The first-order valence-electron chi connectivity index (χ1n) is 10.7. The summed E-state index contributed by atoms with van der Waals surface area (Å²) in [5, 5.41) is 2.88. The molecule has 8 nitrogen and oxygen atoms in total. The minimum absolute atomic E-state index is 0.0112. The van der Waals surface area contributed by atoms with Gasteiger partial charge < -0.3 is 24.3 Å². The van der Waals surface area contributed by atoms with E-state index >= 15 is 0 Å². The molecule has 2 aromatic carbocycles. The molecule has 0 unspecified atom stereocenters. The van der Waals surface area contributed by atoms with Crippen LogP contribution in [0.15, 0.2) is 47.7 Å². The zero-order chi connectivity index (χ0) is 24.1. The van der Waals surface area contributed by atoms with E-state index in [1.165, 1.54) is 12.0 Å². The molecule has 0 saturated carbocycles. The van der Waals surface area contributed by atoms with Crippen molar-refractivity contribution >= 4 is 12.0 Å². The van der Waals surface area contributed by atoms with Gasteiger partial charge in [-0.15, -0.1) is 0 Å². The van der Waals surface area contributed by atoms with Crippen molar-refractivity contribution in [3.63, 3.8) is 0 Å². The van der Waals surface area contributed by atoms with Crippen LogP contribution < -0.4 is 19.5 Å². The molecule has 2 amide bonds. The Morgan fingerprint density at radius 1 is 1.09 bits per heavy atom. The first-order valence-corrected chi connectivity index (χ1v) is 10.7. The third kappa shape index (κ3) is 4.89. The van der Waals surface area contributed by atoms with Crippen LogP contribution in [0.3, 0.4) is 0 Å². The summed E-state index contributed by atoms with van der Waals surface area (Å²) in [5.74, 6) is 1.21. The van der Waals surface area contributed by atoms with Gasteiger partial charge >= 0.3 is 12.0 Å². The quantitative estimate of drug-likeness (QED) is 0.609. The molecule has 1 N–H and O–H groups in total. The van der Waals surface area contributed by atoms with E-state index in [0.29, 0.717) is 28.5 Å². The van der Waals surface area contributed by atoms with Gasteiger partial charge in [0.1, 0.15) is 23.9 Å². The Labute approximate surface area is 194 Å². The molecule has 33 heavy (non-hydrogen) atoms. The summed E-state index contributed by atoms with van der Waals surface area (Å²) >= 11 is 0. The Hall–Kier alpha value is -3.68. The van der Waals surface area contributed by atoms with Crippen LogP contribution >= 0.6 is 0 Å². The lowest BCUT2D eigenvalue weighted by Crippen LogP contribution is -2.48. The number of likely N-dealkylation sites (N-methyl/N-ethyl adjacent to an activating group) is 1. The van der Waals surface area contributed by atoms with Crippen LogP contribution in [-0.2, 0) is 9.53 Å². The zero-order valence-corrected chi connectivity index (χ0v) is 19.9. The molecule has 0 radical (unpaired) electrons. The minimum Gasteiger partial charge on any atom is -0.497 e. The number of carbonyl (C=O) groups excluding carboxylic acids is 2. The summed E-state index contributed by atoms with van der Waals surface area (Å²) in [6, 6.07) is 9.82. The predicted octanol–water partition coefficient (Wildman–Crippen LogP) is 3.91. The number of rotatable bonds is 8. The Morgan fingerprint density at radius 2 is 1.85 bits per heavy atom. The molecule has 0 fully saturated rings. The molecular weight excluding hydrogens is 424 g/mol. The van der Waals surface area contributed by atoms with Gasteiger partial charge in [0, 0.05) is 18.7 Å². The first kappa shape index (κ1) is 24.0. The van der Waals surface area contributed by atoms with Crippen LogP contribution in [0.25, 0.3) is 0 Å². The topological polar surface area (TPSA) is 86.3 Å². The zero-order valence-electron chi connectivity index (χ0n) is 19.9. The number of ether oxygens (including phenoxy) is 4. The van der Waals surface area contributed by atoms with Gasteiger partial charge in [0.05, 0.1) is 38.1 Å². The van der Waals surface area contributed by atoms with Crippen molar-refractivity contribution in [2.24, 2.45) is 0 Å². The van der Waals surface area contributed by atoms with Crippen molar-refractivity contribution < 1.29 is 28.5 Å². The number of hydrogen-bond donors (Lipinski definition) is 1. The normalized spacial score (nSPS) is 15.8. The molecule has 0 aromatic heterocycles. The number of hydrogen-bond acceptors (Lipinski definition) is 6. The van der Waals surface area contributed by atoms with Crippen molar-refractivity contribution in [2.45, 2.75) is 26.8 Å². The number of methoxy groups -OCH3 is 2. The molecule has 1 aliphatic heterocycles. The molecule has 3 rings (SSSR count). The lowest BCUT2D eigenvalue weighted by Gasteiger charge is -2.35. The predicted molar refractivity (Wildman–Crippen MR) is 124 cm³/mol. The second kappa shape index (κ2) is 10.3. The van der Waals surface area contributed by atoms with Gasteiger partial charge in [-0.2, -0.15) is 0 Å². The molecule has 1 atom stereocenters. The van der Waals surface area contributed by atoms with Crippen molar-refractivity contribution in [1.82, 2.24) is 10.2 Å². The van der Waals surface area contributed by atoms with Gasteiger partial charge in [0.15, 0.2) is 0 Å². The van der Waals surface area contributed by atoms with Gasteiger partial charge in [-0.3, -0.25) is 4.90 Å². The molecule has 0 aliphatic carbocycles. The highest BCUT2D eigenvalue weighted by atomic mass is 16.5. The van der Waals surface area contributed by atoms with E-state index in [1.54, 1.807) is 39.3 Å². The van der Waals surface area contributed by atoms with E-state index in [0.717, 1.165) is 11.1 Å². The number of benzene rings is 2. The SMILES string of the molecule is CCOC(=O)C1=C(COc2cccc(C)c2C)N(C)C(=O)N[C@H]1c1ccc(OC)cc1OC. The summed E-state index contributed by atoms with van der Waals surface area (Å²) in [6.07, 6.45) is 0. The highest BCUT2D eigenvalue weighted by Crippen LogP contribution is 2.37. The van der Waals surface area contributed by atoms with Gasteiger partial charge in [-0.1, -0.05) is 12.1 Å². The molecule has 1 heterocycles. The maximum Gasteiger partial charge on any atom is 0.338 e. The van der Waals surface area contributed by atoms with Gasteiger partial charge in [-0.25, -0.2) is 9.59 Å². The van der Waals surface area contributed by atoms with Crippen LogP contribution in [-0.4, -0.2) is 51.4 Å². The average molecular weight is 455 g/mol. The lowest BCUT2D eigenvalue weighted by molar-refractivity contribution is -0.139. The molecule has 0 spiro atoms. The summed E-state index contributed by atoms with van der Waals surface area (Å²) in [7, 11) is 4.67. The minimum atomic E-state index is -0.786. The van der Waals surface area contributed by atoms with Gasteiger partial charge in [0.25, 0.3) is 0 Å². The Bertz CT molecular complexity index is 1080. The number of carbonyl (C=O) groups is 2.